The first-order valence-corrected chi connectivity index (χ1v) is 12.4. The van der Waals surface area contributed by atoms with Gasteiger partial charge in [0.15, 0.2) is 6.10 Å². The summed E-state index contributed by atoms with van der Waals surface area (Å²) in [6, 6.07) is 4.13. The van der Waals surface area contributed by atoms with Crippen LogP contribution < -0.4 is 15.3 Å². The molecule has 0 saturated carbocycles. The minimum absolute atomic E-state index is 0.0446. The Morgan fingerprint density at radius 2 is 2.11 bits per heavy atom. The van der Waals surface area contributed by atoms with E-state index in [4.69, 9.17) is 41.7 Å². The Labute approximate surface area is 206 Å². The van der Waals surface area contributed by atoms with Crippen molar-refractivity contribution in [3.8, 4) is 5.75 Å². The summed E-state index contributed by atoms with van der Waals surface area (Å²) in [4.78, 5) is 27.2. The number of halogens is 4. The number of carbonyl (C=O) groups excluding carboxylic acids is 1. The molecule has 1 aromatic carbocycles. The number of ether oxygens (including phenoxy) is 2. The van der Waals surface area contributed by atoms with E-state index in [1.165, 1.54) is 24.3 Å². The molecule has 2 fully saturated rings. The zero-order chi connectivity index (χ0) is 25.4. The summed E-state index contributed by atoms with van der Waals surface area (Å²) in [5.74, 6) is -4.79. The Kier molecular flexibility index (Phi) is 7.49. The van der Waals surface area contributed by atoms with Gasteiger partial charge in [-0.25, -0.2) is 14.3 Å². The molecule has 2 aromatic rings. The number of aliphatic hydroxyl groups is 1. The van der Waals surface area contributed by atoms with Crippen LogP contribution >= 0.6 is 30.9 Å². The maximum atomic E-state index is 14.7. The van der Waals surface area contributed by atoms with E-state index in [1.807, 2.05) is 0 Å². The highest BCUT2D eigenvalue weighted by Crippen LogP contribution is 2.49. The largest absolute Gasteiger partial charge is 0.464 e. The molecule has 0 bridgehead atoms. The van der Waals surface area contributed by atoms with Gasteiger partial charge in [-0.2, -0.15) is 13.9 Å². The summed E-state index contributed by atoms with van der Waals surface area (Å²) in [7, 11) is -4.49. The first-order chi connectivity index (χ1) is 16.5. The summed E-state index contributed by atoms with van der Waals surface area (Å²) in [5.41, 5.74) is -1.03. The number of alkyl halides is 2. The molecule has 5 atom stereocenters. The van der Waals surface area contributed by atoms with E-state index < -0.39 is 56.4 Å². The van der Waals surface area contributed by atoms with Crippen LogP contribution in [0.1, 0.15) is 12.6 Å². The number of rotatable bonds is 8. The van der Waals surface area contributed by atoms with Gasteiger partial charge in [0, 0.05) is 23.8 Å². The summed E-state index contributed by atoms with van der Waals surface area (Å²) < 4.78 is 64.2. The predicted molar refractivity (Wildman–Crippen MR) is 117 cm³/mol. The highest BCUT2D eigenvalue weighted by molar-refractivity contribution is 7.52. The molecule has 2 saturated heterocycles. The van der Waals surface area contributed by atoms with Crippen LogP contribution in [-0.2, 0) is 23.4 Å². The molecule has 35 heavy (non-hydrogen) atoms. The molecule has 0 amide bonds. The number of hydrogen-bond acceptors (Lipinski definition) is 9. The van der Waals surface area contributed by atoms with E-state index in [-0.39, 0.29) is 28.8 Å². The quantitative estimate of drug-likeness (QED) is 0.369. The summed E-state index contributed by atoms with van der Waals surface area (Å²) in [6.07, 6.45) is -4.11. The topological polar surface area (TPSA) is 138 Å². The molecular weight excluding hydrogens is 538 g/mol. The van der Waals surface area contributed by atoms with Gasteiger partial charge in [0.05, 0.1) is 18.2 Å². The van der Waals surface area contributed by atoms with Crippen LogP contribution in [0.5, 0.6) is 5.75 Å². The van der Waals surface area contributed by atoms with E-state index in [0.29, 0.717) is 4.57 Å². The molecule has 190 valence electrons. The SMILES string of the molecule is O=C1OCCC1NP(=O)(OCC1OC(n2cccnc2=O)C(F)(F)C1O)Oc1ccc(Cl)cc1Cl. The molecular formula is C19H18Cl2F2N3O8P. The molecule has 0 aliphatic carbocycles. The number of carbonyl (C=O) groups is 1. The first-order valence-electron chi connectivity index (χ1n) is 10.1. The summed E-state index contributed by atoms with van der Waals surface area (Å²) >= 11 is 11.9. The van der Waals surface area contributed by atoms with Crippen LogP contribution in [0.25, 0.3) is 0 Å². The third-order valence-corrected chi connectivity index (χ3v) is 7.23. The highest BCUT2D eigenvalue weighted by Gasteiger charge is 2.60. The smallest absolute Gasteiger partial charge is 0.459 e. The van der Waals surface area contributed by atoms with Crippen LogP contribution in [0.4, 0.5) is 8.78 Å². The highest BCUT2D eigenvalue weighted by atomic mass is 35.5. The van der Waals surface area contributed by atoms with Gasteiger partial charge in [-0.1, -0.05) is 23.2 Å². The molecule has 16 heteroatoms. The molecule has 11 nitrogen and oxygen atoms in total. The summed E-state index contributed by atoms with van der Waals surface area (Å²) in [6.45, 7) is -0.823. The molecule has 3 heterocycles. The van der Waals surface area contributed by atoms with E-state index in [9.17, 15) is 28.0 Å². The lowest BCUT2D eigenvalue weighted by Crippen LogP contribution is -2.42. The van der Waals surface area contributed by atoms with E-state index in [0.717, 1.165) is 12.4 Å². The number of cyclic esters (lactones) is 1. The molecule has 2 aliphatic heterocycles. The minimum Gasteiger partial charge on any atom is -0.464 e. The second-order valence-electron chi connectivity index (χ2n) is 7.55. The zero-order valence-electron chi connectivity index (χ0n) is 17.6. The van der Waals surface area contributed by atoms with Crippen LogP contribution in [0.15, 0.2) is 41.5 Å². The third kappa shape index (κ3) is 5.51. The van der Waals surface area contributed by atoms with Crippen molar-refractivity contribution >= 4 is 36.9 Å². The van der Waals surface area contributed by atoms with Gasteiger partial charge < -0.3 is 19.1 Å². The minimum atomic E-state index is -4.49. The van der Waals surface area contributed by atoms with Crippen molar-refractivity contribution in [3.05, 3.63) is 57.2 Å². The average molecular weight is 556 g/mol. The fourth-order valence-electron chi connectivity index (χ4n) is 3.40. The van der Waals surface area contributed by atoms with Gasteiger partial charge in [0.25, 0.3) is 0 Å². The van der Waals surface area contributed by atoms with Crippen molar-refractivity contribution in [2.45, 2.75) is 36.8 Å². The Balaban J connectivity index is 1.55. The van der Waals surface area contributed by atoms with Gasteiger partial charge >= 0.3 is 25.3 Å². The van der Waals surface area contributed by atoms with Crippen LogP contribution in [0.2, 0.25) is 10.0 Å². The van der Waals surface area contributed by atoms with Crippen molar-refractivity contribution in [3.63, 3.8) is 0 Å². The van der Waals surface area contributed by atoms with Crippen molar-refractivity contribution in [2.24, 2.45) is 0 Å². The summed E-state index contributed by atoms with van der Waals surface area (Å²) in [5, 5.41) is 12.8. The zero-order valence-corrected chi connectivity index (χ0v) is 20.0. The van der Waals surface area contributed by atoms with Gasteiger partial charge in [-0.15, -0.1) is 0 Å². The predicted octanol–water partition coefficient (Wildman–Crippen LogP) is 2.55. The van der Waals surface area contributed by atoms with Gasteiger partial charge in [-0.05, 0) is 24.3 Å². The lowest BCUT2D eigenvalue weighted by Gasteiger charge is -2.24. The fraction of sp³-hybridized carbons (Fsp3) is 0.421. The Morgan fingerprint density at radius 3 is 2.77 bits per heavy atom. The van der Waals surface area contributed by atoms with Gasteiger partial charge in [0.2, 0.25) is 6.23 Å². The standard InChI is InChI=1S/C19H18Cl2F2N3O8P/c20-10-2-3-13(11(21)8-10)34-35(30,25-12-4-7-31-16(12)28)32-9-14-15(27)19(22,23)17(33-14)26-6-1-5-24-18(26)29/h1-3,5-6,8,12,14-15,17,27H,4,7,9H2,(H,25,30). The molecule has 0 spiro atoms. The van der Waals surface area contributed by atoms with Crippen molar-refractivity contribution in [1.29, 1.82) is 0 Å². The monoisotopic (exact) mass is 555 g/mol. The normalized spacial score (nSPS) is 27.4. The van der Waals surface area contributed by atoms with Crippen LogP contribution in [0.3, 0.4) is 0 Å². The maximum Gasteiger partial charge on any atom is 0.459 e. The number of esters is 1. The van der Waals surface area contributed by atoms with Crippen molar-refractivity contribution in [1.82, 2.24) is 14.6 Å². The molecule has 2 aliphatic rings. The molecule has 2 N–H and O–H groups in total. The Morgan fingerprint density at radius 1 is 1.34 bits per heavy atom. The molecule has 0 radical (unpaired) electrons. The van der Waals surface area contributed by atoms with E-state index in [1.54, 1.807) is 0 Å². The number of benzene rings is 1. The first kappa shape index (κ1) is 26.0. The van der Waals surface area contributed by atoms with E-state index in [2.05, 4.69) is 10.1 Å². The second kappa shape index (κ2) is 10.1. The van der Waals surface area contributed by atoms with Gasteiger partial charge in [0.1, 0.15) is 17.9 Å². The molecule has 5 unspecified atom stereocenters. The molecule has 4 rings (SSSR count). The number of nitrogens with one attached hydrogen (secondary N) is 1. The lowest BCUT2D eigenvalue weighted by atomic mass is 10.1. The number of hydrogen-bond donors (Lipinski definition) is 2. The molecule has 1 aromatic heterocycles. The van der Waals surface area contributed by atoms with Crippen molar-refractivity contribution < 1.29 is 41.8 Å². The number of aliphatic hydroxyl groups excluding tert-OH is 1. The van der Waals surface area contributed by atoms with Gasteiger partial charge in [-0.3, -0.25) is 13.9 Å². The van der Waals surface area contributed by atoms with Crippen LogP contribution in [0, 0.1) is 0 Å². The third-order valence-electron chi connectivity index (χ3n) is 5.14. The van der Waals surface area contributed by atoms with Crippen LogP contribution in [-0.4, -0.2) is 58.0 Å². The average Bonchev–Trinajstić information content (AvgIpc) is 3.29. The fourth-order valence-corrected chi connectivity index (χ4v) is 5.46. The Hall–Kier alpha value is -2.12. The number of nitrogens with zero attached hydrogens (tertiary/aromatic N) is 2. The lowest BCUT2D eigenvalue weighted by molar-refractivity contribution is -0.141. The van der Waals surface area contributed by atoms with Crippen molar-refractivity contribution in [2.75, 3.05) is 13.2 Å². The Bertz CT molecular complexity index is 1220. The maximum absolute atomic E-state index is 14.7. The van der Waals surface area contributed by atoms with E-state index >= 15 is 0 Å². The number of aromatic nitrogens is 2. The second-order valence-corrected chi connectivity index (χ2v) is 10.1.